The third kappa shape index (κ3) is 9.06. The Bertz CT molecular complexity index is 1400. The van der Waals surface area contributed by atoms with Crippen molar-refractivity contribution in [3.05, 3.63) is 0 Å². The average molecular weight is 1070 g/mol. The zero-order valence-electron chi connectivity index (χ0n) is 28.4. The molecule has 0 spiro atoms. The molecular weight excluding hydrogens is 1060 g/mol. The zero-order chi connectivity index (χ0) is 52.8. The number of hydrogen-bond donors (Lipinski definition) is 0. The minimum atomic E-state index is -8.82. The molecule has 386 valence electrons. The van der Waals surface area contributed by atoms with Gasteiger partial charge in [-0.05, 0) is 18.5 Å². The molecular formula is C24H12F39P. The molecule has 0 nitrogen and oxygen atoms in total. The van der Waals surface area contributed by atoms with Crippen molar-refractivity contribution in [2.45, 2.75) is 127 Å². The van der Waals surface area contributed by atoms with Gasteiger partial charge in [-0.3, -0.25) is 0 Å². The van der Waals surface area contributed by atoms with Crippen LogP contribution in [0, 0.1) is 0 Å². The molecule has 0 atom stereocenters. The van der Waals surface area contributed by atoms with Gasteiger partial charge in [-0.1, -0.05) is 0 Å². The van der Waals surface area contributed by atoms with Gasteiger partial charge < -0.3 is 0 Å². The smallest absolute Gasteiger partial charge is 0.200 e. The van der Waals surface area contributed by atoms with Crippen LogP contribution in [0.1, 0.15) is 19.3 Å². The molecule has 0 aliphatic carbocycles. The molecule has 0 heterocycles. The van der Waals surface area contributed by atoms with Gasteiger partial charge >= 0.3 is 107 Å². The molecule has 0 unspecified atom stereocenters. The summed E-state index contributed by atoms with van der Waals surface area (Å²) in [7, 11) is -4.93. The van der Waals surface area contributed by atoms with Crippen LogP contribution < -0.4 is 0 Å². The lowest BCUT2D eigenvalue weighted by Gasteiger charge is -2.41. The molecule has 0 rings (SSSR count). The van der Waals surface area contributed by atoms with E-state index in [4.69, 9.17) is 0 Å². The van der Waals surface area contributed by atoms with Gasteiger partial charge in [-0.25, -0.2) is 0 Å². The van der Waals surface area contributed by atoms with Gasteiger partial charge in [0.1, 0.15) is 0 Å². The highest BCUT2D eigenvalue weighted by Gasteiger charge is 2.93. The highest BCUT2D eigenvalue weighted by atomic mass is 31.1. The molecule has 0 aromatic carbocycles. The van der Waals surface area contributed by atoms with E-state index in [2.05, 4.69) is 0 Å². The molecule has 0 saturated carbocycles. The first-order valence-corrected chi connectivity index (χ1v) is 16.5. The Hall–Kier alpha value is -2.30. The van der Waals surface area contributed by atoms with Gasteiger partial charge in [-0.2, -0.15) is 171 Å². The normalized spacial score (nSPS) is 16.9. The van der Waals surface area contributed by atoms with Crippen molar-refractivity contribution in [1.82, 2.24) is 0 Å². The maximum Gasteiger partial charge on any atom is 0.460 e. The number of rotatable bonds is 21. The summed E-state index contributed by atoms with van der Waals surface area (Å²) in [4.78, 5) is 0. The molecule has 0 N–H and O–H groups in total. The Kier molecular flexibility index (Phi) is 15.9. The summed E-state index contributed by atoms with van der Waals surface area (Å²) in [6.45, 7) is 0. The van der Waals surface area contributed by atoms with Gasteiger partial charge in [0.15, 0.2) is 0 Å². The fourth-order valence-electron chi connectivity index (χ4n) is 4.11. The van der Waals surface area contributed by atoms with E-state index in [1.807, 2.05) is 0 Å². The summed E-state index contributed by atoms with van der Waals surface area (Å²) in [6, 6.07) is 0. The van der Waals surface area contributed by atoms with E-state index in [1.54, 1.807) is 0 Å². The van der Waals surface area contributed by atoms with Crippen LogP contribution in [0.2, 0.25) is 0 Å². The third-order valence-electron chi connectivity index (χ3n) is 8.22. The molecule has 0 aromatic rings. The summed E-state index contributed by atoms with van der Waals surface area (Å²) in [6.07, 6.45) is -46.0. The lowest BCUT2D eigenvalue weighted by molar-refractivity contribution is -0.440. The van der Waals surface area contributed by atoms with Crippen LogP contribution in [0.5, 0.6) is 0 Å². The number of hydrogen-bond acceptors (Lipinski definition) is 0. The minimum Gasteiger partial charge on any atom is -0.200 e. The van der Waals surface area contributed by atoms with E-state index >= 15 is 0 Å². The molecule has 0 amide bonds. The summed E-state index contributed by atoms with van der Waals surface area (Å²) in [5.74, 6) is -127. The highest BCUT2D eigenvalue weighted by Crippen LogP contribution is 2.65. The van der Waals surface area contributed by atoms with E-state index in [9.17, 15) is 171 Å². The SMILES string of the molecule is FC(F)(F)C(F)(F)C(F)(F)C(F)(F)C(F)(F)C(F)(F)CCP(CCC(F)(F)C(F)(F)C(F)(F)C(F)(F)C(F)(F)C(F)(F)F)CCC(F)(F)C(F)(F)C(F)(F)C(F)(F)C(F)(F)C(F)(F)F. The van der Waals surface area contributed by atoms with Crippen LogP contribution in [0.25, 0.3) is 0 Å². The van der Waals surface area contributed by atoms with Crippen molar-refractivity contribution in [2.24, 2.45) is 0 Å². The largest absolute Gasteiger partial charge is 0.460 e. The van der Waals surface area contributed by atoms with Gasteiger partial charge in [0.2, 0.25) is 0 Å². The van der Waals surface area contributed by atoms with E-state index in [-0.39, 0.29) is 0 Å². The summed E-state index contributed by atoms with van der Waals surface area (Å²) < 4.78 is 522. The molecule has 0 aliphatic heterocycles. The van der Waals surface area contributed by atoms with Gasteiger partial charge in [0.25, 0.3) is 0 Å². The fraction of sp³-hybridized carbons (Fsp3) is 1.00. The lowest BCUT2D eigenvalue weighted by Crippen LogP contribution is -2.70. The van der Waals surface area contributed by atoms with Crippen molar-refractivity contribution < 1.29 is 171 Å². The van der Waals surface area contributed by atoms with Crippen LogP contribution in [0.3, 0.4) is 0 Å². The van der Waals surface area contributed by atoms with Crippen LogP contribution in [-0.4, -0.2) is 126 Å². The van der Waals surface area contributed by atoms with Crippen LogP contribution in [0.15, 0.2) is 0 Å². The maximum atomic E-state index is 14.3. The van der Waals surface area contributed by atoms with Crippen molar-refractivity contribution >= 4 is 7.92 Å². The van der Waals surface area contributed by atoms with Crippen molar-refractivity contribution in [3.63, 3.8) is 0 Å². The summed E-state index contributed by atoms with van der Waals surface area (Å²) in [5, 5.41) is 0. The first-order valence-electron chi connectivity index (χ1n) is 14.6. The fourth-order valence-corrected chi connectivity index (χ4v) is 6.57. The summed E-state index contributed by atoms with van der Waals surface area (Å²) >= 11 is 0. The Morgan fingerprint density at radius 3 is 0.422 bits per heavy atom. The van der Waals surface area contributed by atoms with E-state index in [0.717, 1.165) is 0 Å². The quantitative estimate of drug-likeness (QED) is 0.0794. The van der Waals surface area contributed by atoms with Gasteiger partial charge in [0, 0.05) is 19.3 Å². The van der Waals surface area contributed by atoms with Crippen molar-refractivity contribution in [2.75, 3.05) is 18.5 Å². The first kappa shape index (κ1) is 61.7. The minimum absolute atomic E-state index is 3.23. The van der Waals surface area contributed by atoms with E-state index in [0.29, 0.717) is 0 Å². The Morgan fingerprint density at radius 1 is 0.172 bits per heavy atom. The molecule has 0 bridgehead atoms. The number of alkyl halides is 39. The molecule has 40 heteroatoms. The Morgan fingerprint density at radius 2 is 0.297 bits per heavy atom. The topological polar surface area (TPSA) is 0 Å². The van der Waals surface area contributed by atoms with E-state index in [1.165, 1.54) is 0 Å². The third-order valence-corrected chi connectivity index (χ3v) is 10.8. The molecule has 64 heavy (non-hydrogen) atoms. The predicted octanol–water partition coefficient (Wildman–Crippen LogP) is 14.9. The monoisotopic (exact) mass is 1070 g/mol. The van der Waals surface area contributed by atoms with Crippen LogP contribution >= 0.6 is 7.92 Å². The van der Waals surface area contributed by atoms with Gasteiger partial charge in [0.05, 0.1) is 0 Å². The zero-order valence-corrected chi connectivity index (χ0v) is 29.3. The molecule has 0 fully saturated rings. The predicted molar refractivity (Wildman–Crippen MR) is 128 cm³/mol. The highest BCUT2D eigenvalue weighted by molar-refractivity contribution is 7.57. The molecule has 0 aromatic heterocycles. The van der Waals surface area contributed by atoms with Crippen molar-refractivity contribution in [1.29, 1.82) is 0 Å². The summed E-state index contributed by atoms with van der Waals surface area (Å²) in [5.41, 5.74) is 0. The molecule has 0 radical (unpaired) electrons. The molecule has 0 saturated heterocycles. The van der Waals surface area contributed by atoms with Crippen molar-refractivity contribution in [3.8, 4) is 0 Å². The lowest BCUT2D eigenvalue weighted by atomic mass is 9.93. The maximum absolute atomic E-state index is 14.3. The number of halogens is 39. The van der Waals surface area contributed by atoms with Gasteiger partial charge in [-0.15, -0.1) is 7.92 Å². The molecule has 0 aliphatic rings. The standard InChI is InChI=1S/C24H12F39P/c25-7(26,10(31,32)13(37,38)16(43,44)19(49,50)22(55,56)57)1-4-64(5-2-8(27,28)11(33,34)14(39,40)17(45,46)20(51,52)23(58,59)60)6-3-9(29,30)12(35,36)15(41,42)18(47,48)21(53,54)24(61,62)63/h1-6H2. The second-order valence-electron chi connectivity index (χ2n) is 12.6. The average Bonchev–Trinajstić information content (AvgIpc) is 3.05. The second kappa shape index (κ2) is 16.4. The first-order chi connectivity index (χ1) is 27.0. The van der Waals surface area contributed by atoms with Crippen LogP contribution in [-0.2, 0) is 0 Å². The Labute approximate surface area is 325 Å². The Balaban J connectivity index is 7.50. The van der Waals surface area contributed by atoms with Crippen LogP contribution in [0.4, 0.5) is 171 Å². The van der Waals surface area contributed by atoms with E-state index < -0.39 is 153 Å². The second-order valence-corrected chi connectivity index (χ2v) is 15.3.